The fourth-order valence-corrected chi connectivity index (χ4v) is 0.976. The number of ether oxygens (including phenoxy) is 1. The minimum absolute atomic E-state index is 0.132. The molecule has 0 amide bonds. The zero-order chi connectivity index (χ0) is 10.3. The molecule has 0 rings (SSSR count). The van der Waals surface area contributed by atoms with E-state index < -0.39 is 6.04 Å². The summed E-state index contributed by atoms with van der Waals surface area (Å²) >= 11 is 0. The quantitative estimate of drug-likeness (QED) is 0.359. The maximum absolute atomic E-state index is 10.8. The number of carbonyl (C=O) groups excluding carboxylic acids is 1. The molecule has 1 unspecified atom stereocenters. The molecule has 0 spiro atoms. The molecule has 0 saturated heterocycles. The summed E-state index contributed by atoms with van der Waals surface area (Å²) in [5.41, 5.74) is 0. The summed E-state index contributed by atoms with van der Waals surface area (Å²) in [5.74, 6) is -0.359. The summed E-state index contributed by atoms with van der Waals surface area (Å²) < 4.78 is 4.65. The van der Waals surface area contributed by atoms with E-state index >= 15 is 0 Å². The van der Waals surface area contributed by atoms with Crippen LogP contribution in [-0.4, -0.2) is 23.5 Å². The van der Waals surface area contributed by atoms with Crippen molar-refractivity contribution in [3.05, 3.63) is 10.1 Å². The Labute approximate surface area is 77.2 Å². The molecule has 76 valence electrons. The van der Waals surface area contributed by atoms with Gasteiger partial charge in [-0.15, -0.1) is 0 Å². The van der Waals surface area contributed by atoms with Gasteiger partial charge in [0, 0.05) is 17.8 Å². The zero-order valence-electron chi connectivity index (χ0n) is 7.99. The summed E-state index contributed by atoms with van der Waals surface area (Å²) in [7, 11) is 0. The number of nitrogens with zero attached hydrogens (tertiary/aromatic N) is 1. The molecular weight excluding hydrogens is 174 g/mol. The molecule has 0 aromatic rings. The fourth-order valence-electron chi connectivity index (χ4n) is 0.976. The number of carbonyl (C=O) groups is 1. The highest BCUT2D eigenvalue weighted by molar-refractivity contribution is 5.69. The highest BCUT2D eigenvalue weighted by atomic mass is 16.6. The predicted molar refractivity (Wildman–Crippen MR) is 46.9 cm³/mol. The molecule has 0 saturated carbocycles. The second-order valence-corrected chi connectivity index (χ2v) is 2.69. The van der Waals surface area contributed by atoms with Crippen LogP contribution < -0.4 is 0 Å². The highest BCUT2D eigenvalue weighted by Gasteiger charge is 2.18. The summed E-state index contributed by atoms with van der Waals surface area (Å²) in [5, 5.41) is 10.4. The van der Waals surface area contributed by atoms with Crippen LogP contribution in [0.1, 0.15) is 33.1 Å². The van der Waals surface area contributed by atoms with E-state index in [9.17, 15) is 14.9 Å². The number of rotatable bonds is 6. The maximum atomic E-state index is 10.8. The van der Waals surface area contributed by atoms with E-state index in [0.29, 0.717) is 13.0 Å². The largest absolute Gasteiger partial charge is 0.466 e. The number of nitro groups is 1. The normalized spacial score (nSPS) is 12.2. The zero-order valence-corrected chi connectivity index (χ0v) is 7.99. The molecule has 5 nitrogen and oxygen atoms in total. The van der Waals surface area contributed by atoms with Gasteiger partial charge in [0.2, 0.25) is 6.04 Å². The Kier molecular flexibility index (Phi) is 5.84. The molecule has 13 heavy (non-hydrogen) atoms. The van der Waals surface area contributed by atoms with Crippen molar-refractivity contribution in [2.75, 3.05) is 6.61 Å². The van der Waals surface area contributed by atoms with Crippen LogP contribution in [0.25, 0.3) is 0 Å². The third-order valence-corrected chi connectivity index (χ3v) is 1.76. The lowest BCUT2D eigenvalue weighted by Gasteiger charge is -2.05. The van der Waals surface area contributed by atoms with Gasteiger partial charge in [0.15, 0.2) is 0 Å². The molecular formula is C8H15NO4. The minimum atomic E-state index is -0.621. The van der Waals surface area contributed by atoms with Crippen LogP contribution in [0.15, 0.2) is 0 Å². The Morgan fingerprint density at radius 3 is 2.54 bits per heavy atom. The average molecular weight is 189 g/mol. The van der Waals surface area contributed by atoms with Crippen LogP contribution in [-0.2, 0) is 9.53 Å². The van der Waals surface area contributed by atoms with E-state index in [1.54, 1.807) is 13.8 Å². The van der Waals surface area contributed by atoms with Gasteiger partial charge < -0.3 is 4.74 Å². The van der Waals surface area contributed by atoms with Gasteiger partial charge in [-0.25, -0.2) is 0 Å². The molecule has 0 aromatic carbocycles. The Morgan fingerprint density at radius 2 is 2.15 bits per heavy atom. The van der Waals surface area contributed by atoms with Gasteiger partial charge in [0.25, 0.3) is 0 Å². The molecule has 0 radical (unpaired) electrons. The van der Waals surface area contributed by atoms with Crippen molar-refractivity contribution in [1.82, 2.24) is 0 Å². The Balaban J connectivity index is 3.72. The summed E-state index contributed by atoms with van der Waals surface area (Å²) in [4.78, 5) is 20.8. The van der Waals surface area contributed by atoms with Gasteiger partial charge in [-0.1, -0.05) is 6.92 Å². The third kappa shape index (κ3) is 5.16. The van der Waals surface area contributed by atoms with Crippen molar-refractivity contribution in [1.29, 1.82) is 0 Å². The minimum Gasteiger partial charge on any atom is -0.466 e. The molecule has 0 aliphatic carbocycles. The van der Waals surface area contributed by atoms with Gasteiger partial charge in [0.05, 0.1) is 13.0 Å². The maximum Gasteiger partial charge on any atom is 0.306 e. The highest BCUT2D eigenvalue weighted by Crippen LogP contribution is 2.06. The summed E-state index contributed by atoms with van der Waals surface area (Å²) in [6.45, 7) is 3.77. The Morgan fingerprint density at radius 1 is 1.54 bits per heavy atom. The lowest BCUT2D eigenvalue weighted by atomic mass is 10.1. The Hall–Kier alpha value is -1.13. The molecule has 0 aromatic heterocycles. The smallest absolute Gasteiger partial charge is 0.306 e. The molecule has 0 aliphatic heterocycles. The molecule has 0 heterocycles. The number of hydrogen-bond donors (Lipinski definition) is 0. The van der Waals surface area contributed by atoms with Crippen LogP contribution in [0.3, 0.4) is 0 Å². The summed E-state index contributed by atoms with van der Waals surface area (Å²) in [6, 6.07) is -0.621. The van der Waals surface area contributed by atoms with Gasteiger partial charge in [0.1, 0.15) is 0 Å². The standard InChI is InChI=1S/C8H15NO4/c1-3-7(9(11)12)5-6-8(10)13-4-2/h7H,3-6H2,1-2H3. The molecule has 0 fully saturated rings. The topological polar surface area (TPSA) is 69.4 Å². The van der Waals surface area contributed by atoms with Crippen molar-refractivity contribution >= 4 is 5.97 Å². The third-order valence-electron chi connectivity index (χ3n) is 1.76. The van der Waals surface area contributed by atoms with Crippen LogP contribution in [0.5, 0.6) is 0 Å². The van der Waals surface area contributed by atoms with E-state index in [0.717, 1.165) is 0 Å². The molecule has 0 bridgehead atoms. The lowest BCUT2D eigenvalue weighted by Crippen LogP contribution is -2.20. The van der Waals surface area contributed by atoms with E-state index in [-0.39, 0.29) is 23.7 Å². The van der Waals surface area contributed by atoms with E-state index in [1.165, 1.54) is 0 Å². The van der Waals surface area contributed by atoms with Crippen LogP contribution in [0.2, 0.25) is 0 Å². The average Bonchev–Trinajstić information content (AvgIpc) is 2.05. The summed E-state index contributed by atoms with van der Waals surface area (Å²) in [6.07, 6.45) is 0.849. The van der Waals surface area contributed by atoms with Crippen molar-refractivity contribution in [2.24, 2.45) is 0 Å². The van der Waals surface area contributed by atoms with Crippen molar-refractivity contribution in [3.63, 3.8) is 0 Å². The molecule has 0 aliphatic rings. The van der Waals surface area contributed by atoms with E-state index in [2.05, 4.69) is 4.74 Å². The van der Waals surface area contributed by atoms with Crippen LogP contribution in [0.4, 0.5) is 0 Å². The second kappa shape index (κ2) is 6.39. The van der Waals surface area contributed by atoms with Crippen LogP contribution in [0, 0.1) is 10.1 Å². The monoisotopic (exact) mass is 189 g/mol. The van der Waals surface area contributed by atoms with Crippen molar-refractivity contribution < 1.29 is 14.5 Å². The van der Waals surface area contributed by atoms with Gasteiger partial charge in [-0.3, -0.25) is 14.9 Å². The fraction of sp³-hybridized carbons (Fsp3) is 0.875. The first-order valence-electron chi connectivity index (χ1n) is 4.40. The van der Waals surface area contributed by atoms with Gasteiger partial charge >= 0.3 is 5.97 Å². The van der Waals surface area contributed by atoms with Crippen molar-refractivity contribution in [2.45, 2.75) is 39.2 Å². The molecule has 1 atom stereocenters. The SMILES string of the molecule is CCOC(=O)CCC(CC)[N+](=O)[O-]. The number of hydrogen-bond acceptors (Lipinski definition) is 4. The predicted octanol–water partition coefficient (Wildman–Crippen LogP) is 1.39. The molecule has 5 heteroatoms. The molecule has 0 N–H and O–H groups in total. The number of esters is 1. The lowest BCUT2D eigenvalue weighted by molar-refractivity contribution is -0.523. The second-order valence-electron chi connectivity index (χ2n) is 2.69. The first-order valence-corrected chi connectivity index (χ1v) is 4.40. The van der Waals surface area contributed by atoms with E-state index in [4.69, 9.17) is 0 Å². The van der Waals surface area contributed by atoms with Gasteiger partial charge in [-0.2, -0.15) is 0 Å². The Bertz CT molecular complexity index is 181. The first-order chi connectivity index (χ1) is 6.11. The van der Waals surface area contributed by atoms with E-state index in [1.807, 2.05) is 0 Å². The van der Waals surface area contributed by atoms with Crippen LogP contribution >= 0.6 is 0 Å². The first kappa shape index (κ1) is 11.9. The van der Waals surface area contributed by atoms with Crippen molar-refractivity contribution in [3.8, 4) is 0 Å². The van der Waals surface area contributed by atoms with Gasteiger partial charge in [-0.05, 0) is 6.92 Å².